The number of anilines is 3. The molecule has 0 bridgehead atoms. The lowest BCUT2D eigenvalue weighted by atomic mass is 10.2. The van der Waals surface area contributed by atoms with Crippen molar-refractivity contribution in [2.24, 2.45) is 0 Å². The van der Waals surface area contributed by atoms with Gasteiger partial charge in [0.05, 0.1) is 6.26 Å². The molecule has 1 aromatic heterocycles. The molecule has 0 aliphatic heterocycles. The zero-order chi connectivity index (χ0) is 17.9. The molecule has 3 aromatic carbocycles. The molecule has 0 radical (unpaired) electrons. The first-order chi connectivity index (χ1) is 12.7. The fourth-order valence-corrected chi connectivity index (χ4v) is 2.92. The largest absolute Gasteiger partial charge is 0.464 e. The van der Waals surface area contributed by atoms with E-state index in [9.17, 15) is 4.79 Å². The number of nitrogens with one attached hydrogen (secondary N) is 2. The molecule has 0 spiro atoms. The average molecular weight is 363 g/mol. The SMILES string of the molecule is O=C(Nc1ccc(Nc2cccc3occc23)cc1)c1cccc(Cl)c1. The molecular weight excluding hydrogens is 348 g/mol. The number of rotatable bonds is 4. The molecule has 0 saturated carbocycles. The van der Waals surface area contributed by atoms with Crippen LogP contribution in [-0.4, -0.2) is 5.91 Å². The van der Waals surface area contributed by atoms with Gasteiger partial charge in [0.25, 0.3) is 5.91 Å². The van der Waals surface area contributed by atoms with Crippen LogP contribution in [0.4, 0.5) is 17.1 Å². The number of hydrogen-bond donors (Lipinski definition) is 2. The van der Waals surface area contributed by atoms with E-state index >= 15 is 0 Å². The first kappa shape index (κ1) is 16.2. The maximum Gasteiger partial charge on any atom is 0.255 e. The number of amides is 1. The highest BCUT2D eigenvalue weighted by atomic mass is 35.5. The number of hydrogen-bond acceptors (Lipinski definition) is 3. The predicted octanol–water partition coefficient (Wildman–Crippen LogP) is 6.08. The number of fused-ring (bicyclic) bond motifs is 1. The van der Waals surface area contributed by atoms with Crippen molar-refractivity contribution in [1.82, 2.24) is 0 Å². The highest BCUT2D eigenvalue weighted by Gasteiger charge is 2.07. The van der Waals surface area contributed by atoms with Gasteiger partial charge in [0.15, 0.2) is 0 Å². The van der Waals surface area contributed by atoms with E-state index < -0.39 is 0 Å². The Kier molecular flexibility index (Phi) is 4.33. The van der Waals surface area contributed by atoms with Gasteiger partial charge in [-0.2, -0.15) is 0 Å². The molecule has 4 aromatic rings. The lowest BCUT2D eigenvalue weighted by molar-refractivity contribution is 0.102. The average Bonchev–Trinajstić information content (AvgIpc) is 3.13. The van der Waals surface area contributed by atoms with Crippen LogP contribution >= 0.6 is 11.6 Å². The third-order valence-corrected chi connectivity index (χ3v) is 4.24. The third kappa shape index (κ3) is 3.41. The summed E-state index contributed by atoms with van der Waals surface area (Å²) in [5.74, 6) is -0.198. The summed E-state index contributed by atoms with van der Waals surface area (Å²) in [4.78, 5) is 12.3. The van der Waals surface area contributed by atoms with E-state index in [1.165, 1.54) is 0 Å². The second-order valence-electron chi connectivity index (χ2n) is 5.80. The van der Waals surface area contributed by atoms with Crippen LogP contribution in [0.2, 0.25) is 5.02 Å². The Hall–Kier alpha value is -3.24. The van der Waals surface area contributed by atoms with E-state index in [1.807, 2.05) is 48.5 Å². The van der Waals surface area contributed by atoms with Gasteiger partial charge in [0.2, 0.25) is 0 Å². The molecule has 4 nitrogen and oxygen atoms in total. The summed E-state index contributed by atoms with van der Waals surface area (Å²) in [6.45, 7) is 0. The van der Waals surface area contributed by atoms with Crippen LogP contribution in [0.25, 0.3) is 11.0 Å². The molecule has 0 saturated heterocycles. The Bertz CT molecular complexity index is 1070. The highest BCUT2D eigenvalue weighted by Crippen LogP contribution is 2.27. The fourth-order valence-electron chi connectivity index (χ4n) is 2.73. The first-order valence-corrected chi connectivity index (χ1v) is 8.47. The zero-order valence-corrected chi connectivity index (χ0v) is 14.5. The van der Waals surface area contributed by atoms with E-state index in [2.05, 4.69) is 10.6 Å². The Balaban J connectivity index is 1.48. The van der Waals surface area contributed by atoms with Crippen LogP contribution < -0.4 is 10.6 Å². The van der Waals surface area contributed by atoms with Crippen LogP contribution in [0.5, 0.6) is 0 Å². The molecule has 0 atom stereocenters. The van der Waals surface area contributed by atoms with Gasteiger partial charge in [-0.25, -0.2) is 0 Å². The molecule has 0 aliphatic carbocycles. The van der Waals surface area contributed by atoms with Crippen molar-refractivity contribution in [1.29, 1.82) is 0 Å². The van der Waals surface area contributed by atoms with Crippen LogP contribution in [-0.2, 0) is 0 Å². The van der Waals surface area contributed by atoms with E-state index in [4.69, 9.17) is 16.0 Å². The lowest BCUT2D eigenvalue weighted by Crippen LogP contribution is -2.11. The molecule has 2 N–H and O–H groups in total. The minimum atomic E-state index is -0.198. The molecule has 0 aliphatic rings. The topological polar surface area (TPSA) is 54.3 Å². The van der Waals surface area contributed by atoms with E-state index in [0.717, 1.165) is 22.3 Å². The number of benzene rings is 3. The van der Waals surface area contributed by atoms with Crippen LogP contribution in [0.1, 0.15) is 10.4 Å². The third-order valence-electron chi connectivity index (χ3n) is 4.00. The van der Waals surface area contributed by atoms with Crippen LogP contribution in [0.15, 0.2) is 83.5 Å². The second kappa shape index (κ2) is 6.94. The van der Waals surface area contributed by atoms with E-state index in [-0.39, 0.29) is 5.91 Å². The summed E-state index contributed by atoms with van der Waals surface area (Å²) in [7, 11) is 0. The van der Waals surface area contributed by atoms with Gasteiger partial charge in [-0.05, 0) is 60.7 Å². The molecular formula is C21H15ClN2O2. The Labute approximate surface area is 155 Å². The maximum absolute atomic E-state index is 12.3. The van der Waals surface area contributed by atoms with Crippen molar-refractivity contribution in [2.75, 3.05) is 10.6 Å². The molecule has 5 heteroatoms. The van der Waals surface area contributed by atoms with Crippen LogP contribution in [0.3, 0.4) is 0 Å². The molecule has 0 unspecified atom stereocenters. The number of furan rings is 1. The van der Waals surface area contributed by atoms with Gasteiger partial charge in [-0.3, -0.25) is 4.79 Å². The molecule has 4 rings (SSSR count). The van der Waals surface area contributed by atoms with Crippen molar-refractivity contribution in [3.05, 3.63) is 89.6 Å². The van der Waals surface area contributed by atoms with Gasteiger partial charge < -0.3 is 15.1 Å². The number of carbonyl (C=O) groups is 1. The van der Waals surface area contributed by atoms with Gasteiger partial charge in [0, 0.05) is 33.0 Å². The highest BCUT2D eigenvalue weighted by molar-refractivity contribution is 6.31. The zero-order valence-electron chi connectivity index (χ0n) is 13.7. The summed E-state index contributed by atoms with van der Waals surface area (Å²) < 4.78 is 5.41. The van der Waals surface area contributed by atoms with E-state index in [1.54, 1.807) is 30.5 Å². The Morgan fingerprint density at radius 2 is 1.65 bits per heavy atom. The fraction of sp³-hybridized carbons (Fsp3) is 0. The number of halogens is 1. The monoisotopic (exact) mass is 362 g/mol. The molecule has 128 valence electrons. The van der Waals surface area contributed by atoms with Gasteiger partial charge in [-0.15, -0.1) is 0 Å². The smallest absolute Gasteiger partial charge is 0.255 e. The summed E-state index contributed by atoms with van der Waals surface area (Å²) in [5, 5.41) is 7.78. The van der Waals surface area contributed by atoms with Gasteiger partial charge in [-0.1, -0.05) is 23.7 Å². The van der Waals surface area contributed by atoms with E-state index in [0.29, 0.717) is 16.3 Å². The van der Waals surface area contributed by atoms with Gasteiger partial charge >= 0.3 is 0 Å². The van der Waals surface area contributed by atoms with Crippen molar-refractivity contribution in [3.8, 4) is 0 Å². The first-order valence-electron chi connectivity index (χ1n) is 8.09. The second-order valence-corrected chi connectivity index (χ2v) is 6.24. The number of carbonyl (C=O) groups excluding carboxylic acids is 1. The maximum atomic E-state index is 12.3. The summed E-state index contributed by atoms with van der Waals surface area (Å²) in [5.41, 5.74) is 3.94. The van der Waals surface area contributed by atoms with Crippen molar-refractivity contribution in [3.63, 3.8) is 0 Å². The minimum absolute atomic E-state index is 0.198. The molecule has 26 heavy (non-hydrogen) atoms. The summed E-state index contributed by atoms with van der Waals surface area (Å²) in [6, 6.07) is 22.1. The summed E-state index contributed by atoms with van der Waals surface area (Å²) >= 11 is 5.93. The van der Waals surface area contributed by atoms with Crippen molar-refractivity contribution in [2.45, 2.75) is 0 Å². The molecule has 1 heterocycles. The minimum Gasteiger partial charge on any atom is -0.464 e. The normalized spacial score (nSPS) is 10.7. The van der Waals surface area contributed by atoms with Crippen molar-refractivity contribution < 1.29 is 9.21 Å². The Morgan fingerprint density at radius 3 is 2.46 bits per heavy atom. The van der Waals surface area contributed by atoms with Crippen LogP contribution in [0, 0.1) is 0 Å². The molecule has 1 amide bonds. The molecule has 0 fully saturated rings. The lowest BCUT2D eigenvalue weighted by Gasteiger charge is -2.09. The standard InChI is InChI=1S/C21H15ClN2O2/c22-15-4-1-3-14(13-15)21(25)24-17-9-7-16(8-10-17)23-19-5-2-6-20-18(19)11-12-26-20/h1-13,23H,(H,24,25). The van der Waals surface area contributed by atoms with Crippen molar-refractivity contribution >= 4 is 45.5 Å². The Morgan fingerprint density at radius 1 is 0.885 bits per heavy atom. The predicted molar refractivity (Wildman–Crippen MR) is 105 cm³/mol. The van der Waals surface area contributed by atoms with Gasteiger partial charge in [0.1, 0.15) is 5.58 Å². The quantitative estimate of drug-likeness (QED) is 0.462. The summed E-state index contributed by atoms with van der Waals surface area (Å²) in [6.07, 6.45) is 1.67.